The van der Waals surface area contributed by atoms with E-state index in [1.807, 2.05) is 13.0 Å². The maximum absolute atomic E-state index is 14.2. The Labute approximate surface area is 179 Å². The third kappa shape index (κ3) is 6.19. The van der Waals surface area contributed by atoms with Gasteiger partial charge in [-0.2, -0.15) is 8.78 Å². The molecule has 1 aromatic rings. The Kier molecular flexibility index (Phi) is 8.98. The molecule has 2 aliphatic rings. The SMILES string of the molecule is C=CCCC1CCC(C2CCC(COc3ccc(OCCC)c(F)c3F)CO2)CC1. The zero-order valence-electron chi connectivity index (χ0n) is 18.2. The summed E-state index contributed by atoms with van der Waals surface area (Å²) in [4.78, 5) is 0. The summed E-state index contributed by atoms with van der Waals surface area (Å²) in [6, 6.07) is 2.88. The molecule has 1 aliphatic heterocycles. The first-order chi connectivity index (χ1) is 14.6. The second-order valence-electron chi connectivity index (χ2n) is 8.81. The Morgan fingerprint density at radius 3 is 2.27 bits per heavy atom. The lowest BCUT2D eigenvalue weighted by Crippen LogP contribution is -2.35. The molecular weight excluding hydrogens is 386 g/mol. The van der Waals surface area contributed by atoms with Crippen molar-refractivity contribution in [3.8, 4) is 11.5 Å². The van der Waals surface area contributed by atoms with E-state index in [0.717, 1.165) is 31.6 Å². The van der Waals surface area contributed by atoms with Gasteiger partial charge in [0, 0.05) is 5.92 Å². The number of halogens is 2. The van der Waals surface area contributed by atoms with E-state index in [-0.39, 0.29) is 17.4 Å². The largest absolute Gasteiger partial charge is 0.490 e. The van der Waals surface area contributed by atoms with Crippen LogP contribution in [0.2, 0.25) is 0 Å². The van der Waals surface area contributed by atoms with Crippen LogP contribution in [0.3, 0.4) is 0 Å². The second-order valence-corrected chi connectivity index (χ2v) is 8.81. The number of benzene rings is 1. The quantitative estimate of drug-likeness (QED) is 0.393. The lowest BCUT2D eigenvalue weighted by atomic mass is 9.76. The van der Waals surface area contributed by atoms with Crippen LogP contribution in [0.1, 0.15) is 64.7 Å². The summed E-state index contributed by atoms with van der Waals surface area (Å²) < 4.78 is 45.3. The highest BCUT2D eigenvalue weighted by atomic mass is 19.2. The first kappa shape index (κ1) is 23.1. The molecule has 3 rings (SSSR count). The minimum absolute atomic E-state index is 0.0590. The predicted octanol–water partition coefficient (Wildman–Crippen LogP) is 6.70. The Bertz CT molecular complexity index is 663. The fraction of sp³-hybridized carbons (Fsp3) is 0.680. The van der Waals surface area contributed by atoms with Crippen LogP contribution in [0.25, 0.3) is 0 Å². The van der Waals surface area contributed by atoms with E-state index in [2.05, 4.69) is 6.58 Å². The second kappa shape index (κ2) is 11.7. The summed E-state index contributed by atoms with van der Waals surface area (Å²) in [6.07, 6.45) is 12.6. The summed E-state index contributed by atoms with van der Waals surface area (Å²) in [6.45, 7) is 7.06. The number of allylic oxidation sites excluding steroid dienone is 1. The molecule has 0 aromatic heterocycles. The lowest BCUT2D eigenvalue weighted by Gasteiger charge is -2.37. The fourth-order valence-corrected chi connectivity index (χ4v) is 4.69. The van der Waals surface area contributed by atoms with Crippen LogP contribution < -0.4 is 9.47 Å². The van der Waals surface area contributed by atoms with Crippen LogP contribution in [0.4, 0.5) is 8.78 Å². The Morgan fingerprint density at radius 2 is 1.67 bits per heavy atom. The average molecular weight is 423 g/mol. The van der Waals surface area contributed by atoms with Gasteiger partial charge in [0.1, 0.15) is 0 Å². The zero-order valence-corrected chi connectivity index (χ0v) is 18.2. The Hall–Kier alpha value is -1.62. The molecule has 1 heterocycles. The standard InChI is InChI=1S/C25H36F2O3/c1-3-5-6-18-7-10-20(11-8-18)21-12-9-19(16-29-21)17-30-23-14-13-22(28-15-4-2)24(26)25(23)27/h3,13-14,18-21H,1,4-12,15-17H2,2H3. The van der Waals surface area contributed by atoms with Crippen LogP contribution in [-0.2, 0) is 4.74 Å². The van der Waals surface area contributed by atoms with Gasteiger partial charge >= 0.3 is 0 Å². The van der Waals surface area contributed by atoms with Gasteiger partial charge in [0.05, 0.1) is 25.9 Å². The average Bonchev–Trinajstić information content (AvgIpc) is 2.79. The van der Waals surface area contributed by atoms with E-state index in [1.165, 1.54) is 44.2 Å². The van der Waals surface area contributed by atoms with Gasteiger partial charge in [-0.15, -0.1) is 6.58 Å². The molecule has 30 heavy (non-hydrogen) atoms. The van der Waals surface area contributed by atoms with E-state index in [0.29, 0.717) is 31.8 Å². The van der Waals surface area contributed by atoms with Crippen molar-refractivity contribution in [3.05, 3.63) is 36.4 Å². The highest BCUT2D eigenvalue weighted by molar-refractivity contribution is 5.35. The third-order valence-corrected chi connectivity index (χ3v) is 6.55. The van der Waals surface area contributed by atoms with Crippen molar-refractivity contribution in [1.82, 2.24) is 0 Å². The molecular formula is C25H36F2O3. The van der Waals surface area contributed by atoms with Crippen molar-refractivity contribution in [2.75, 3.05) is 19.8 Å². The first-order valence-corrected chi connectivity index (χ1v) is 11.6. The van der Waals surface area contributed by atoms with E-state index < -0.39 is 11.6 Å². The maximum Gasteiger partial charge on any atom is 0.204 e. The normalized spacial score (nSPS) is 26.9. The monoisotopic (exact) mass is 422 g/mol. The van der Waals surface area contributed by atoms with Crippen LogP contribution in [-0.4, -0.2) is 25.9 Å². The summed E-state index contributed by atoms with van der Waals surface area (Å²) in [5.74, 6) is -0.368. The van der Waals surface area contributed by atoms with Crippen molar-refractivity contribution in [2.24, 2.45) is 17.8 Å². The van der Waals surface area contributed by atoms with Gasteiger partial charge in [0.25, 0.3) is 0 Å². The highest BCUT2D eigenvalue weighted by Crippen LogP contribution is 2.37. The molecule has 1 aromatic carbocycles. The molecule has 1 aliphatic carbocycles. The van der Waals surface area contributed by atoms with Gasteiger partial charge in [-0.05, 0) is 68.9 Å². The van der Waals surface area contributed by atoms with Gasteiger partial charge in [0.2, 0.25) is 11.6 Å². The summed E-state index contributed by atoms with van der Waals surface area (Å²) in [7, 11) is 0. The summed E-state index contributed by atoms with van der Waals surface area (Å²) >= 11 is 0. The van der Waals surface area contributed by atoms with Gasteiger partial charge in [-0.3, -0.25) is 0 Å². The van der Waals surface area contributed by atoms with Crippen LogP contribution >= 0.6 is 0 Å². The molecule has 2 fully saturated rings. The van der Waals surface area contributed by atoms with Gasteiger partial charge in [0.15, 0.2) is 11.5 Å². The smallest absolute Gasteiger partial charge is 0.204 e. The van der Waals surface area contributed by atoms with Gasteiger partial charge in [-0.25, -0.2) is 0 Å². The minimum atomic E-state index is -0.982. The van der Waals surface area contributed by atoms with E-state index in [1.54, 1.807) is 0 Å². The molecule has 168 valence electrons. The van der Waals surface area contributed by atoms with Gasteiger partial charge < -0.3 is 14.2 Å². The summed E-state index contributed by atoms with van der Waals surface area (Å²) in [5.41, 5.74) is 0. The van der Waals surface area contributed by atoms with E-state index in [9.17, 15) is 8.78 Å². The summed E-state index contributed by atoms with van der Waals surface area (Å²) in [5, 5.41) is 0. The molecule has 5 heteroatoms. The topological polar surface area (TPSA) is 27.7 Å². The van der Waals surface area contributed by atoms with Crippen molar-refractivity contribution in [3.63, 3.8) is 0 Å². The number of hydrogen-bond acceptors (Lipinski definition) is 3. The number of hydrogen-bond donors (Lipinski definition) is 0. The molecule has 3 nitrogen and oxygen atoms in total. The minimum Gasteiger partial charge on any atom is -0.490 e. The first-order valence-electron chi connectivity index (χ1n) is 11.6. The highest BCUT2D eigenvalue weighted by Gasteiger charge is 2.31. The van der Waals surface area contributed by atoms with Crippen molar-refractivity contribution < 1.29 is 23.0 Å². The van der Waals surface area contributed by atoms with E-state index >= 15 is 0 Å². The number of ether oxygens (including phenoxy) is 3. The Morgan fingerprint density at radius 1 is 1.00 bits per heavy atom. The molecule has 2 atom stereocenters. The molecule has 0 radical (unpaired) electrons. The van der Waals surface area contributed by atoms with Crippen molar-refractivity contribution in [2.45, 2.75) is 70.8 Å². The molecule has 0 N–H and O–H groups in total. The lowest BCUT2D eigenvalue weighted by molar-refractivity contribution is -0.0655. The molecule has 2 unspecified atom stereocenters. The molecule has 0 bridgehead atoms. The van der Waals surface area contributed by atoms with E-state index in [4.69, 9.17) is 14.2 Å². The molecule has 0 amide bonds. The van der Waals surface area contributed by atoms with Crippen LogP contribution in [0.5, 0.6) is 11.5 Å². The fourth-order valence-electron chi connectivity index (χ4n) is 4.69. The van der Waals surface area contributed by atoms with Crippen LogP contribution in [0, 0.1) is 29.4 Å². The van der Waals surface area contributed by atoms with Crippen LogP contribution in [0.15, 0.2) is 24.8 Å². The number of rotatable bonds is 10. The zero-order chi connectivity index (χ0) is 21.3. The molecule has 0 spiro atoms. The Balaban J connectivity index is 1.40. The maximum atomic E-state index is 14.2. The van der Waals surface area contributed by atoms with Gasteiger partial charge in [-0.1, -0.05) is 25.8 Å². The predicted molar refractivity (Wildman–Crippen MR) is 115 cm³/mol. The van der Waals surface area contributed by atoms with Crippen molar-refractivity contribution in [1.29, 1.82) is 0 Å². The molecule has 1 saturated carbocycles. The third-order valence-electron chi connectivity index (χ3n) is 6.55. The molecule has 1 saturated heterocycles. The van der Waals surface area contributed by atoms with Crippen molar-refractivity contribution >= 4 is 0 Å².